The highest BCUT2D eigenvalue weighted by atomic mass is 32.1. The lowest BCUT2D eigenvalue weighted by Gasteiger charge is -2.34. The van der Waals surface area contributed by atoms with E-state index < -0.39 is 12.0 Å². The molecule has 2 aliphatic rings. The number of aromatic carboxylic acids is 1. The van der Waals surface area contributed by atoms with E-state index in [2.05, 4.69) is 21.5 Å². The molecule has 28 heavy (non-hydrogen) atoms. The minimum atomic E-state index is -0.981. The van der Waals surface area contributed by atoms with Gasteiger partial charge in [-0.3, -0.25) is 4.79 Å². The fraction of sp³-hybridized carbons (Fsp3) is 0.200. The number of hydrogen-bond acceptors (Lipinski definition) is 6. The quantitative estimate of drug-likeness (QED) is 0.709. The van der Waals surface area contributed by atoms with Gasteiger partial charge >= 0.3 is 5.97 Å². The van der Waals surface area contributed by atoms with Crippen LogP contribution in [-0.2, 0) is 4.79 Å². The molecular formula is C20H16N4O3S. The second kappa shape index (κ2) is 6.42. The van der Waals surface area contributed by atoms with Gasteiger partial charge in [-0.1, -0.05) is 18.2 Å². The largest absolute Gasteiger partial charge is 0.478 e. The first kappa shape index (κ1) is 16.9. The molecule has 1 aliphatic carbocycles. The van der Waals surface area contributed by atoms with E-state index in [1.807, 2.05) is 11.4 Å². The van der Waals surface area contributed by atoms with Gasteiger partial charge in [0.1, 0.15) is 12.4 Å². The Kier molecular flexibility index (Phi) is 3.87. The van der Waals surface area contributed by atoms with Gasteiger partial charge in [-0.2, -0.15) is 10.1 Å². The van der Waals surface area contributed by atoms with Crippen molar-refractivity contribution in [3.8, 4) is 0 Å². The molecule has 0 unspecified atom stereocenters. The maximum Gasteiger partial charge on any atom is 0.335 e. The molecule has 0 amide bonds. The van der Waals surface area contributed by atoms with Gasteiger partial charge in [0.15, 0.2) is 5.78 Å². The van der Waals surface area contributed by atoms with Crippen LogP contribution in [0.25, 0.3) is 0 Å². The predicted octanol–water partition coefficient (Wildman–Crippen LogP) is 3.45. The molecule has 1 aromatic carbocycles. The number of fused-ring (bicyclic) bond motifs is 1. The average Bonchev–Trinajstić information content (AvgIpc) is 3.38. The summed E-state index contributed by atoms with van der Waals surface area (Å²) in [6.45, 7) is 0. The molecule has 8 heteroatoms. The zero-order valence-electron chi connectivity index (χ0n) is 14.7. The van der Waals surface area contributed by atoms with Crippen LogP contribution in [0.1, 0.15) is 45.6 Å². The molecule has 0 saturated carbocycles. The monoisotopic (exact) mass is 392 g/mol. The lowest BCUT2D eigenvalue weighted by atomic mass is 9.80. The number of Topliss-reactive ketones (excluding diaryl/α,β-unsaturated/α-hetero) is 1. The predicted molar refractivity (Wildman–Crippen MR) is 104 cm³/mol. The molecule has 7 nitrogen and oxygen atoms in total. The molecule has 140 valence electrons. The molecule has 0 bridgehead atoms. The Morgan fingerprint density at radius 1 is 1.21 bits per heavy atom. The molecule has 2 N–H and O–H groups in total. The van der Waals surface area contributed by atoms with Gasteiger partial charge in [-0.05, 0) is 35.6 Å². The van der Waals surface area contributed by atoms with E-state index >= 15 is 0 Å². The minimum absolute atomic E-state index is 0.0839. The second-order valence-corrected chi connectivity index (χ2v) is 7.90. The highest BCUT2D eigenvalue weighted by molar-refractivity contribution is 7.10. The number of nitrogens with one attached hydrogen (secondary N) is 1. The summed E-state index contributed by atoms with van der Waals surface area (Å²) in [5.41, 5.74) is 2.59. The lowest BCUT2D eigenvalue weighted by Crippen LogP contribution is -2.33. The third-order valence-corrected chi connectivity index (χ3v) is 6.32. The molecule has 5 rings (SSSR count). The summed E-state index contributed by atoms with van der Waals surface area (Å²) in [6.07, 6.45) is 2.65. The Morgan fingerprint density at radius 2 is 2.04 bits per heavy atom. The average molecular weight is 392 g/mol. The van der Waals surface area contributed by atoms with E-state index in [-0.39, 0.29) is 17.3 Å². The molecule has 1 aliphatic heterocycles. The van der Waals surface area contributed by atoms with Crippen molar-refractivity contribution in [3.05, 3.63) is 75.4 Å². The first-order valence-corrected chi connectivity index (χ1v) is 9.79. The molecular weight excluding hydrogens is 376 g/mol. The maximum absolute atomic E-state index is 13.2. The molecule has 2 atom stereocenters. The molecule has 0 spiro atoms. The summed E-state index contributed by atoms with van der Waals surface area (Å²) in [6, 6.07) is 10.3. The van der Waals surface area contributed by atoms with Crippen molar-refractivity contribution >= 4 is 29.0 Å². The summed E-state index contributed by atoms with van der Waals surface area (Å²) in [4.78, 5) is 29.8. The van der Waals surface area contributed by atoms with Crippen molar-refractivity contribution in [3.63, 3.8) is 0 Å². The van der Waals surface area contributed by atoms with Crippen molar-refractivity contribution in [1.82, 2.24) is 14.8 Å². The van der Waals surface area contributed by atoms with Crippen molar-refractivity contribution in [2.24, 2.45) is 0 Å². The molecule has 3 heterocycles. The van der Waals surface area contributed by atoms with Crippen LogP contribution in [0, 0.1) is 0 Å². The van der Waals surface area contributed by atoms with Gasteiger partial charge < -0.3 is 10.4 Å². The number of ketones is 1. The zero-order valence-corrected chi connectivity index (χ0v) is 15.5. The van der Waals surface area contributed by atoms with E-state index in [1.165, 1.54) is 11.2 Å². The van der Waals surface area contributed by atoms with Gasteiger partial charge in [0.2, 0.25) is 5.95 Å². The van der Waals surface area contributed by atoms with Crippen LogP contribution in [-0.4, -0.2) is 31.6 Å². The number of carbonyl (C=O) groups excluding carboxylic acids is 1. The smallest absolute Gasteiger partial charge is 0.335 e. The number of carboxylic acids is 1. The van der Waals surface area contributed by atoms with Gasteiger partial charge in [0, 0.05) is 28.5 Å². The number of thiophene rings is 1. The van der Waals surface area contributed by atoms with Gasteiger partial charge in [0.05, 0.1) is 5.56 Å². The topological polar surface area (TPSA) is 97.1 Å². The van der Waals surface area contributed by atoms with Crippen LogP contribution < -0.4 is 5.32 Å². The summed E-state index contributed by atoms with van der Waals surface area (Å²) >= 11 is 1.67. The maximum atomic E-state index is 13.2. The highest BCUT2D eigenvalue weighted by Gasteiger charge is 2.39. The van der Waals surface area contributed by atoms with Crippen LogP contribution in [0.15, 0.2) is 59.4 Å². The van der Waals surface area contributed by atoms with E-state index in [4.69, 9.17) is 5.11 Å². The minimum Gasteiger partial charge on any atom is -0.478 e. The van der Waals surface area contributed by atoms with E-state index in [9.17, 15) is 9.59 Å². The Morgan fingerprint density at radius 3 is 2.75 bits per heavy atom. The summed E-state index contributed by atoms with van der Waals surface area (Å²) in [5, 5.41) is 18.8. The van der Waals surface area contributed by atoms with Crippen LogP contribution in [0.4, 0.5) is 5.95 Å². The second-order valence-electron chi connectivity index (χ2n) is 6.92. The number of benzene rings is 1. The van der Waals surface area contributed by atoms with Crippen LogP contribution in [0.5, 0.6) is 0 Å². The third kappa shape index (κ3) is 2.65. The van der Waals surface area contributed by atoms with E-state index in [0.29, 0.717) is 17.9 Å². The first-order valence-electron chi connectivity index (χ1n) is 8.91. The van der Waals surface area contributed by atoms with Gasteiger partial charge in [0.25, 0.3) is 0 Å². The molecule has 0 radical (unpaired) electrons. The van der Waals surface area contributed by atoms with Crippen LogP contribution >= 0.6 is 11.3 Å². The lowest BCUT2D eigenvalue weighted by molar-refractivity contribution is -0.116. The van der Waals surface area contributed by atoms with Crippen LogP contribution in [0.2, 0.25) is 0 Å². The molecule has 0 fully saturated rings. The molecule has 0 saturated heterocycles. The standard InChI is InChI=1S/C20H16N4O3S/c25-15-9-13(16-2-1-7-28-16)8-14-17(15)18(24-20(23-14)21-10-22-24)11-3-5-12(6-4-11)19(26)27/h1-7,10,13,18H,8-9H2,(H,26,27)(H,21,22,23)/t13-,18+/m1/s1. The van der Waals surface area contributed by atoms with Crippen molar-refractivity contribution in [2.45, 2.75) is 24.8 Å². The van der Waals surface area contributed by atoms with Gasteiger partial charge in [-0.25, -0.2) is 9.48 Å². The Labute approximate surface area is 164 Å². The van der Waals surface area contributed by atoms with Crippen LogP contribution in [0.3, 0.4) is 0 Å². The Bertz CT molecular complexity index is 1100. The summed E-state index contributed by atoms with van der Waals surface area (Å²) < 4.78 is 1.69. The first-order chi connectivity index (χ1) is 13.6. The Hall–Kier alpha value is -3.26. The number of carboxylic acid groups (broad SMARTS) is 1. The number of nitrogens with zero attached hydrogens (tertiary/aromatic N) is 3. The van der Waals surface area contributed by atoms with Crippen molar-refractivity contribution in [1.29, 1.82) is 0 Å². The zero-order chi connectivity index (χ0) is 19.3. The number of hydrogen-bond donors (Lipinski definition) is 2. The summed E-state index contributed by atoms with van der Waals surface area (Å²) in [7, 11) is 0. The van der Waals surface area contributed by atoms with Gasteiger partial charge in [-0.15, -0.1) is 11.3 Å². The fourth-order valence-electron chi connectivity index (χ4n) is 3.99. The normalized spacial score (nSPS) is 21.1. The number of allylic oxidation sites excluding steroid dienone is 2. The number of rotatable bonds is 3. The Balaban J connectivity index is 1.59. The third-order valence-electron chi connectivity index (χ3n) is 5.28. The van der Waals surface area contributed by atoms with E-state index in [0.717, 1.165) is 17.7 Å². The fourth-order valence-corrected chi connectivity index (χ4v) is 4.82. The summed E-state index contributed by atoms with van der Waals surface area (Å²) in [5.74, 6) is -0.152. The number of aromatic nitrogens is 3. The van der Waals surface area contributed by atoms with Crippen molar-refractivity contribution in [2.75, 3.05) is 5.32 Å². The SMILES string of the molecule is O=C1C[C@H](c2cccs2)CC2=C1[C@H](c1ccc(C(=O)O)cc1)n1ncnc1N2. The molecule has 2 aromatic heterocycles. The highest BCUT2D eigenvalue weighted by Crippen LogP contribution is 2.44. The van der Waals surface area contributed by atoms with E-state index in [1.54, 1.807) is 40.3 Å². The van der Waals surface area contributed by atoms with Crippen molar-refractivity contribution < 1.29 is 14.7 Å². The number of carbonyl (C=O) groups is 2. The number of anilines is 1. The molecule has 3 aromatic rings.